The van der Waals surface area contributed by atoms with Gasteiger partial charge in [0, 0.05) is 31.5 Å². The Labute approximate surface area is 117 Å². The summed E-state index contributed by atoms with van der Waals surface area (Å²) in [6.07, 6.45) is 1.76. The predicted octanol–water partition coefficient (Wildman–Crippen LogP) is 2.01. The Hall–Kier alpha value is -1.95. The van der Waals surface area contributed by atoms with Crippen molar-refractivity contribution in [3.63, 3.8) is 0 Å². The fraction of sp³-hybridized carbons (Fsp3) is 0.500. The van der Waals surface area contributed by atoms with Gasteiger partial charge in [0.2, 0.25) is 0 Å². The molecule has 0 saturated carbocycles. The SMILES string of the molecule is CC(=O)c1cc(N2CCC(CCO)C2)ccc1[N+](=O)[O-]. The Kier molecular flexibility index (Phi) is 4.34. The molecule has 1 N–H and O–H groups in total. The van der Waals surface area contributed by atoms with E-state index in [-0.39, 0.29) is 23.6 Å². The van der Waals surface area contributed by atoms with Crippen LogP contribution in [0.5, 0.6) is 0 Å². The fourth-order valence-electron chi connectivity index (χ4n) is 2.65. The highest BCUT2D eigenvalue weighted by Crippen LogP contribution is 2.30. The molecule has 0 spiro atoms. The van der Waals surface area contributed by atoms with E-state index in [4.69, 9.17) is 5.11 Å². The number of hydrogen-bond donors (Lipinski definition) is 1. The maximum Gasteiger partial charge on any atom is 0.280 e. The topological polar surface area (TPSA) is 83.7 Å². The average Bonchev–Trinajstić information content (AvgIpc) is 2.87. The van der Waals surface area contributed by atoms with Crippen molar-refractivity contribution in [1.29, 1.82) is 0 Å². The van der Waals surface area contributed by atoms with Crippen molar-refractivity contribution in [2.24, 2.45) is 5.92 Å². The van der Waals surface area contributed by atoms with Crippen LogP contribution in [0.15, 0.2) is 18.2 Å². The molecular formula is C14H18N2O4. The summed E-state index contributed by atoms with van der Waals surface area (Å²) >= 11 is 0. The van der Waals surface area contributed by atoms with Crippen molar-refractivity contribution in [3.8, 4) is 0 Å². The molecule has 0 bridgehead atoms. The Morgan fingerprint density at radius 2 is 2.30 bits per heavy atom. The summed E-state index contributed by atoms with van der Waals surface area (Å²) in [6, 6.07) is 4.68. The van der Waals surface area contributed by atoms with Gasteiger partial charge in [0.1, 0.15) is 0 Å². The van der Waals surface area contributed by atoms with Crippen LogP contribution >= 0.6 is 0 Å². The molecule has 0 aliphatic carbocycles. The van der Waals surface area contributed by atoms with E-state index >= 15 is 0 Å². The number of nitro benzene ring substituents is 1. The molecule has 0 aromatic heterocycles. The smallest absolute Gasteiger partial charge is 0.280 e. The van der Waals surface area contributed by atoms with Crippen LogP contribution in [-0.4, -0.2) is 35.5 Å². The zero-order valence-electron chi connectivity index (χ0n) is 11.4. The molecule has 1 heterocycles. The third-order valence-electron chi connectivity index (χ3n) is 3.74. The van der Waals surface area contributed by atoms with Crippen LogP contribution < -0.4 is 4.90 Å². The van der Waals surface area contributed by atoms with Crippen molar-refractivity contribution in [3.05, 3.63) is 33.9 Å². The van der Waals surface area contributed by atoms with Crippen LogP contribution in [0.3, 0.4) is 0 Å². The third-order valence-corrected chi connectivity index (χ3v) is 3.74. The molecule has 1 aliphatic rings. The number of anilines is 1. The summed E-state index contributed by atoms with van der Waals surface area (Å²) in [5, 5.41) is 19.9. The number of carbonyl (C=O) groups is 1. The molecule has 2 rings (SSSR count). The van der Waals surface area contributed by atoms with Crippen molar-refractivity contribution < 1.29 is 14.8 Å². The lowest BCUT2D eigenvalue weighted by atomic mass is 10.1. The van der Waals surface area contributed by atoms with Gasteiger partial charge in [-0.2, -0.15) is 0 Å². The summed E-state index contributed by atoms with van der Waals surface area (Å²) in [4.78, 5) is 24.0. The Bertz CT molecular complexity index is 530. The molecule has 20 heavy (non-hydrogen) atoms. The Balaban J connectivity index is 2.24. The van der Waals surface area contributed by atoms with E-state index in [1.807, 2.05) is 0 Å². The normalized spacial score (nSPS) is 18.3. The predicted molar refractivity (Wildman–Crippen MR) is 75.1 cm³/mol. The number of nitrogens with zero attached hydrogens (tertiary/aromatic N) is 2. The minimum absolute atomic E-state index is 0.146. The first kappa shape index (κ1) is 14.5. The zero-order valence-corrected chi connectivity index (χ0v) is 11.4. The molecule has 1 unspecified atom stereocenters. The molecule has 1 saturated heterocycles. The molecular weight excluding hydrogens is 260 g/mol. The second kappa shape index (κ2) is 6.00. The number of rotatable bonds is 5. The van der Waals surface area contributed by atoms with Crippen molar-refractivity contribution in [2.45, 2.75) is 19.8 Å². The average molecular weight is 278 g/mol. The van der Waals surface area contributed by atoms with Gasteiger partial charge in [-0.05, 0) is 37.8 Å². The summed E-state index contributed by atoms with van der Waals surface area (Å²) < 4.78 is 0. The van der Waals surface area contributed by atoms with Crippen molar-refractivity contribution in [2.75, 3.05) is 24.6 Å². The van der Waals surface area contributed by atoms with Crippen molar-refractivity contribution >= 4 is 17.2 Å². The first-order chi connectivity index (χ1) is 9.52. The van der Waals surface area contributed by atoms with Crippen LogP contribution in [0, 0.1) is 16.0 Å². The Morgan fingerprint density at radius 1 is 1.55 bits per heavy atom. The lowest BCUT2D eigenvalue weighted by Crippen LogP contribution is -2.20. The van der Waals surface area contributed by atoms with Crippen LogP contribution in [0.2, 0.25) is 0 Å². The molecule has 1 fully saturated rings. The van der Waals surface area contributed by atoms with E-state index in [0.29, 0.717) is 5.92 Å². The fourth-order valence-corrected chi connectivity index (χ4v) is 2.65. The van der Waals surface area contributed by atoms with Gasteiger partial charge in [-0.15, -0.1) is 0 Å². The van der Waals surface area contributed by atoms with E-state index < -0.39 is 4.92 Å². The quantitative estimate of drug-likeness (QED) is 0.506. The largest absolute Gasteiger partial charge is 0.396 e. The van der Waals surface area contributed by atoms with Crippen LogP contribution in [0.4, 0.5) is 11.4 Å². The highest BCUT2D eigenvalue weighted by Gasteiger charge is 2.25. The first-order valence-corrected chi connectivity index (χ1v) is 6.68. The molecule has 1 aromatic rings. The minimum Gasteiger partial charge on any atom is -0.396 e. The summed E-state index contributed by atoms with van der Waals surface area (Å²) in [7, 11) is 0. The van der Waals surface area contributed by atoms with Gasteiger partial charge in [-0.3, -0.25) is 14.9 Å². The number of ketones is 1. The lowest BCUT2D eigenvalue weighted by molar-refractivity contribution is -0.385. The van der Waals surface area contributed by atoms with Gasteiger partial charge in [0.25, 0.3) is 5.69 Å². The highest BCUT2D eigenvalue weighted by molar-refractivity contribution is 5.99. The number of aliphatic hydroxyl groups excluding tert-OH is 1. The number of nitro groups is 1. The second-order valence-corrected chi connectivity index (χ2v) is 5.13. The van der Waals surface area contributed by atoms with Crippen LogP contribution in [0.25, 0.3) is 0 Å². The number of hydrogen-bond acceptors (Lipinski definition) is 5. The monoisotopic (exact) mass is 278 g/mol. The minimum atomic E-state index is -0.529. The second-order valence-electron chi connectivity index (χ2n) is 5.13. The van der Waals surface area contributed by atoms with Crippen LogP contribution in [-0.2, 0) is 0 Å². The molecule has 1 atom stereocenters. The van der Waals surface area contributed by atoms with E-state index in [1.54, 1.807) is 12.1 Å². The lowest BCUT2D eigenvalue weighted by Gasteiger charge is -2.19. The molecule has 0 radical (unpaired) electrons. The summed E-state index contributed by atoms with van der Waals surface area (Å²) in [5.74, 6) is 0.139. The Morgan fingerprint density at radius 3 is 2.90 bits per heavy atom. The summed E-state index contributed by atoms with van der Waals surface area (Å²) in [6.45, 7) is 3.18. The third kappa shape index (κ3) is 2.96. The van der Waals surface area contributed by atoms with Gasteiger partial charge >= 0.3 is 0 Å². The molecule has 1 aromatic carbocycles. The maximum atomic E-state index is 11.5. The highest BCUT2D eigenvalue weighted by atomic mass is 16.6. The van der Waals surface area contributed by atoms with E-state index in [0.717, 1.165) is 31.6 Å². The molecule has 6 heteroatoms. The molecule has 0 amide bonds. The van der Waals surface area contributed by atoms with Gasteiger partial charge in [-0.25, -0.2) is 0 Å². The number of carbonyl (C=O) groups excluding carboxylic acids is 1. The maximum absolute atomic E-state index is 11.5. The van der Waals surface area contributed by atoms with Crippen molar-refractivity contribution in [1.82, 2.24) is 0 Å². The number of Topliss-reactive ketones (excluding diaryl/α,β-unsaturated/α-hetero) is 1. The molecule has 1 aliphatic heterocycles. The zero-order chi connectivity index (χ0) is 14.7. The molecule has 6 nitrogen and oxygen atoms in total. The van der Waals surface area contributed by atoms with E-state index in [1.165, 1.54) is 13.0 Å². The van der Waals surface area contributed by atoms with Gasteiger partial charge < -0.3 is 10.0 Å². The number of aliphatic hydroxyl groups is 1. The first-order valence-electron chi connectivity index (χ1n) is 6.68. The van der Waals surface area contributed by atoms with E-state index in [9.17, 15) is 14.9 Å². The van der Waals surface area contributed by atoms with Gasteiger partial charge in [0.05, 0.1) is 10.5 Å². The van der Waals surface area contributed by atoms with E-state index in [2.05, 4.69) is 4.90 Å². The van der Waals surface area contributed by atoms with Crippen LogP contribution in [0.1, 0.15) is 30.1 Å². The standard InChI is InChI=1S/C14H18N2O4/c1-10(18)13-8-12(2-3-14(13)16(19)20)15-6-4-11(9-15)5-7-17/h2-3,8,11,17H,4-7,9H2,1H3. The number of benzene rings is 1. The molecule has 108 valence electrons. The van der Waals surface area contributed by atoms with Gasteiger partial charge in [0.15, 0.2) is 5.78 Å². The van der Waals surface area contributed by atoms with Gasteiger partial charge in [-0.1, -0.05) is 0 Å². The summed E-state index contributed by atoms with van der Waals surface area (Å²) in [5.41, 5.74) is 0.840.